The van der Waals surface area contributed by atoms with Gasteiger partial charge in [0.25, 0.3) is 5.91 Å². The molecule has 0 unspecified atom stereocenters. The second-order valence-corrected chi connectivity index (χ2v) is 13.3. The van der Waals surface area contributed by atoms with Gasteiger partial charge in [0.05, 0.1) is 21.7 Å². The third-order valence-corrected chi connectivity index (χ3v) is 8.39. The molecule has 1 aromatic heterocycles. The van der Waals surface area contributed by atoms with Gasteiger partial charge in [-0.15, -0.1) is 0 Å². The summed E-state index contributed by atoms with van der Waals surface area (Å²) < 4.78 is 7.34. The van der Waals surface area contributed by atoms with Crippen molar-refractivity contribution in [3.05, 3.63) is 38.5 Å². The Bertz CT molecular complexity index is 1150. The third kappa shape index (κ3) is 15.9. The fraction of sp³-hybridized carbons (Fsp3) is 0.625. The van der Waals surface area contributed by atoms with Crippen LogP contribution in [0.3, 0.4) is 0 Å². The Kier molecular flexibility index (Phi) is 18.8. The molecule has 0 spiro atoms. The van der Waals surface area contributed by atoms with Crippen LogP contribution in [0.5, 0.6) is 5.75 Å². The number of aromatic nitrogens is 2. The number of halogens is 2. The number of hydrogen-bond donors (Lipinski definition) is 5. The number of carbonyl (C=O) groups is 2. The van der Waals surface area contributed by atoms with Gasteiger partial charge >= 0.3 is 0 Å². The molecule has 1 aromatic carbocycles. The molecule has 10 nitrogen and oxygen atoms in total. The molecule has 2 aromatic rings. The maximum atomic E-state index is 12.5. The number of amides is 2. The summed E-state index contributed by atoms with van der Waals surface area (Å²) >= 11 is 7.06. The third-order valence-electron chi connectivity index (χ3n) is 7.22. The standard InChI is InChI=1S/C32H50Br2N6O4/c1-23(2)13-10-8-6-4-3-5-7-9-11-14-29(41)36-16-12-18-44-30-26(33)19-24(20-27(30)34)21-28(40-43)31(42)37-17-15-25-22-38-32(35)39-25/h19-20,22-23,43H,3-18,21H2,1-2H3,(H,36,41)(H,37,42)(H3,35,38,39)/b40-28-. The van der Waals surface area contributed by atoms with Crippen LogP contribution in [0.15, 0.2) is 32.4 Å². The fourth-order valence-electron chi connectivity index (χ4n) is 4.76. The number of aromatic amines is 1. The van der Waals surface area contributed by atoms with E-state index in [2.05, 4.69) is 71.5 Å². The highest BCUT2D eigenvalue weighted by molar-refractivity contribution is 9.11. The van der Waals surface area contributed by atoms with Crippen LogP contribution < -0.4 is 21.1 Å². The largest absolute Gasteiger partial charge is 0.491 e. The van der Waals surface area contributed by atoms with Gasteiger partial charge in [0.1, 0.15) is 11.5 Å². The lowest BCUT2D eigenvalue weighted by Gasteiger charge is -2.13. The summed E-state index contributed by atoms with van der Waals surface area (Å²) in [6, 6.07) is 3.64. The Balaban J connectivity index is 1.58. The molecule has 246 valence electrons. The number of oxime groups is 1. The summed E-state index contributed by atoms with van der Waals surface area (Å²) in [4.78, 5) is 31.5. The maximum absolute atomic E-state index is 12.5. The summed E-state index contributed by atoms with van der Waals surface area (Å²) in [6.07, 6.45) is 16.1. The van der Waals surface area contributed by atoms with E-state index in [0.29, 0.717) is 59.6 Å². The second-order valence-electron chi connectivity index (χ2n) is 11.6. The van der Waals surface area contributed by atoms with E-state index in [-0.39, 0.29) is 18.0 Å². The first kappa shape index (κ1) is 37.6. The van der Waals surface area contributed by atoms with Gasteiger partial charge in [-0.1, -0.05) is 76.8 Å². The minimum atomic E-state index is -0.465. The number of hydrogen-bond acceptors (Lipinski definition) is 7. The quantitative estimate of drug-likeness (QED) is 0.0355. The van der Waals surface area contributed by atoms with Gasteiger partial charge < -0.3 is 31.3 Å². The van der Waals surface area contributed by atoms with E-state index in [0.717, 1.165) is 30.0 Å². The van der Waals surface area contributed by atoms with E-state index in [9.17, 15) is 14.8 Å². The highest BCUT2D eigenvalue weighted by Gasteiger charge is 2.16. The van der Waals surface area contributed by atoms with Crippen LogP contribution in [0.4, 0.5) is 5.95 Å². The first-order valence-electron chi connectivity index (χ1n) is 15.9. The number of unbranched alkanes of at least 4 members (excludes halogenated alkanes) is 8. The number of nitrogens with one attached hydrogen (secondary N) is 3. The fourth-order valence-corrected chi connectivity index (χ4v) is 6.27. The molecular weight excluding hydrogens is 692 g/mol. The second kappa shape index (κ2) is 22.0. The van der Waals surface area contributed by atoms with Crippen LogP contribution >= 0.6 is 31.9 Å². The van der Waals surface area contributed by atoms with Gasteiger partial charge in [0, 0.05) is 38.0 Å². The lowest BCUT2D eigenvalue weighted by molar-refractivity contribution is -0.121. The smallest absolute Gasteiger partial charge is 0.269 e. The zero-order chi connectivity index (χ0) is 32.2. The molecule has 1 heterocycles. The lowest BCUT2D eigenvalue weighted by atomic mass is 10.0. The monoisotopic (exact) mass is 740 g/mol. The number of rotatable bonds is 23. The summed E-state index contributed by atoms with van der Waals surface area (Å²) in [5.41, 5.74) is 7.10. The van der Waals surface area contributed by atoms with Gasteiger partial charge in [-0.2, -0.15) is 0 Å². The number of imidazole rings is 1. The predicted molar refractivity (Wildman–Crippen MR) is 183 cm³/mol. The molecule has 0 saturated heterocycles. The molecule has 12 heteroatoms. The molecule has 44 heavy (non-hydrogen) atoms. The Labute approximate surface area is 279 Å². The Morgan fingerprint density at radius 2 is 1.61 bits per heavy atom. The normalized spacial score (nSPS) is 11.6. The average molecular weight is 743 g/mol. The number of nitrogens with two attached hydrogens (primary N) is 1. The molecule has 0 fully saturated rings. The van der Waals surface area contributed by atoms with Crippen molar-refractivity contribution < 1.29 is 19.5 Å². The predicted octanol–water partition coefficient (Wildman–Crippen LogP) is 7.08. The topological polar surface area (TPSA) is 155 Å². The van der Waals surface area contributed by atoms with Gasteiger partial charge in [0.2, 0.25) is 5.91 Å². The van der Waals surface area contributed by atoms with Crippen molar-refractivity contribution in [2.45, 2.75) is 104 Å². The van der Waals surface area contributed by atoms with Crippen molar-refractivity contribution in [1.29, 1.82) is 0 Å². The van der Waals surface area contributed by atoms with Crippen LogP contribution in [0.25, 0.3) is 0 Å². The van der Waals surface area contributed by atoms with E-state index >= 15 is 0 Å². The van der Waals surface area contributed by atoms with Crippen LogP contribution in [-0.4, -0.2) is 52.4 Å². The molecule has 0 aliphatic rings. The number of nitrogens with zero attached hydrogens (tertiary/aromatic N) is 2. The van der Waals surface area contributed by atoms with Crippen LogP contribution in [0.2, 0.25) is 0 Å². The average Bonchev–Trinajstić information content (AvgIpc) is 3.39. The van der Waals surface area contributed by atoms with E-state index in [1.807, 2.05) is 12.1 Å². The molecule has 2 rings (SSSR count). The molecule has 0 bridgehead atoms. The van der Waals surface area contributed by atoms with E-state index in [4.69, 9.17) is 10.5 Å². The van der Waals surface area contributed by atoms with Crippen molar-refractivity contribution >= 4 is 55.3 Å². The number of H-pyrrole nitrogens is 1. The number of benzene rings is 1. The molecule has 0 atom stereocenters. The van der Waals surface area contributed by atoms with Gasteiger partial charge in [-0.25, -0.2) is 4.98 Å². The van der Waals surface area contributed by atoms with Gasteiger partial charge in [-0.3, -0.25) is 9.59 Å². The first-order chi connectivity index (χ1) is 21.2. The number of ether oxygens (including phenoxy) is 1. The Morgan fingerprint density at radius 1 is 0.977 bits per heavy atom. The number of carbonyl (C=O) groups excluding carboxylic acids is 2. The van der Waals surface area contributed by atoms with Crippen molar-refractivity contribution in [3.8, 4) is 5.75 Å². The van der Waals surface area contributed by atoms with Crippen molar-refractivity contribution in [2.24, 2.45) is 11.1 Å². The van der Waals surface area contributed by atoms with Crippen molar-refractivity contribution in [2.75, 3.05) is 25.4 Å². The molecule has 0 aliphatic heterocycles. The minimum Gasteiger partial charge on any atom is -0.491 e. The van der Waals surface area contributed by atoms with Crippen LogP contribution in [0.1, 0.15) is 102 Å². The lowest BCUT2D eigenvalue weighted by Crippen LogP contribution is -2.33. The Hall–Kier alpha value is -2.60. The van der Waals surface area contributed by atoms with E-state index in [1.54, 1.807) is 6.20 Å². The summed E-state index contributed by atoms with van der Waals surface area (Å²) in [5, 5.41) is 18.3. The van der Waals surface area contributed by atoms with Gasteiger partial charge in [-0.05, 0) is 68.3 Å². The molecular formula is C32H50Br2N6O4. The van der Waals surface area contributed by atoms with E-state index < -0.39 is 5.91 Å². The van der Waals surface area contributed by atoms with E-state index in [1.165, 1.54) is 51.4 Å². The summed E-state index contributed by atoms with van der Waals surface area (Å²) in [7, 11) is 0. The highest BCUT2D eigenvalue weighted by atomic mass is 79.9. The van der Waals surface area contributed by atoms with Crippen LogP contribution in [0, 0.1) is 5.92 Å². The summed E-state index contributed by atoms with van der Waals surface area (Å²) in [5.74, 6) is 1.39. The minimum absolute atomic E-state index is 0.0137. The molecule has 2 amide bonds. The van der Waals surface area contributed by atoms with Crippen LogP contribution in [-0.2, 0) is 22.4 Å². The first-order valence-corrected chi connectivity index (χ1v) is 17.4. The zero-order valence-corrected chi connectivity index (χ0v) is 29.4. The Morgan fingerprint density at radius 3 is 2.20 bits per heavy atom. The molecule has 6 N–H and O–H groups in total. The number of anilines is 1. The zero-order valence-electron chi connectivity index (χ0n) is 26.2. The highest BCUT2D eigenvalue weighted by Crippen LogP contribution is 2.35. The summed E-state index contributed by atoms with van der Waals surface area (Å²) in [6.45, 7) is 5.91. The molecule has 0 saturated carbocycles. The van der Waals surface area contributed by atoms with Crippen molar-refractivity contribution in [3.63, 3.8) is 0 Å². The molecule has 0 aliphatic carbocycles. The van der Waals surface area contributed by atoms with Gasteiger partial charge in [0.15, 0.2) is 5.95 Å². The number of nitrogen functional groups attached to an aromatic ring is 1. The molecule has 0 radical (unpaired) electrons. The SMILES string of the molecule is CC(C)CCCCCCCCCCCC(=O)NCCCOc1c(Br)cc(C/C(=N/O)C(=O)NCCc2cnc(N)[nH]2)cc1Br. The van der Waals surface area contributed by atoms with Crippen molar-refractivity contribution in [1.82, 2.24) is 20.6 Å². The maximum Gasteiger partial charge on any atom is 0.269 e.